The monoisotopic (exact) mass is 746 g/mol. The number of esters is 3. The van der Waals surface area contributed by atoms with Gasteiger partial charge in [0, 0.05) is 31.2 Å². The molecule has 3 atom stereocenters. The van der Waals surface area contributed by atoms with E-state index in [-0.39, 0.29) is 38.8 Å². The van der Waals surface area contributed by atoms with Gasteiger partial charge in [0.1, 0.15) is 0 Å². The minimum atomic E-state index is -4.32. The molecule has 0 radical (unpaired) electrons. The fourth-order valence-corrected chi connectivity index (χ4v) is 6.67. The summed E-state index contributed by atoms with van der Waals surface area (Å²) < 4.78 is 42.9. The van der Waals surface area contributed by atoms with Crippen LogP contribution in [0.2, 0.25) is 0 Å². The van der Waals surface area contributed by atoms with Crippen LogP contribution >= 0.6 is 7.60 Å². The Balaban J connectivity index is 2.41. The van der Waals surface area contributed by atoms with E-state index in [2.05, 4.69) is 10.6 Å². The van der Waals surface area contributed by atoms with Crippen LogP contribution in [0.25, 0.3) is 11.1 Å². The van der Waals surface area contributed by atoms with Crippen molar-refractivity contribution in [2.45, 2.75) is 118 Å². The predicted octanol–water partition coefficient (Wildman–Crippen LogP) is 7.54. The number of benzene rings is 2. The summed E-state index contributed by atoms with van der Waals surface area (Å²) in [5.74, 6) is -2.76. The van der Waals surface area contributed by atoms with E-state index in [0.717, 1.165) is 29.5 Å². The van der Waals surface area contributed by atoms with Gasteiger partial charge in [0.15, 0.2) is 0 Å². The Morgan fingerprint density at radius 3 is 1.69 bits per heavy atom. The fourth-order valence-electron chi connectivity index (χ4n) is 4.82. The number of unbranched alkanes of at least 4 members (excludes halogenated alkanes) is 2. The fraction of sp³-hybridized carbons (Fsp3) is 0.590. The van der Waals surface area contributed by atoms with Crippen molar-refractivity contribution in [3.05, 3.63) is 60.2 Å². The third-order valence-electron chi connectivity index (χ3n) is 7.86. The zero-order valence-corrected chi connectivity index (χ0v) is 32.8. The van der Waals surface area contributed by atoms with Gasteiger partial charge >= 0.3 is 25.5 Å². The topological polar surface area (TPSA) is 156 Å². The highest BCUT2D eigenvalue weighted by atomic mass is 31.2. The first-order chi connectivity index (χ1) is 24.8. The molecule has 13 heteroatoms. The summed E-state index contributed by atoms with van der Waals surface area (Å²) in [5, 5.41) is 5.82. The zero-order valence-electron chi connectivity index (χ0n) is 31.9. The highest BCUT2D eigenvalue weighted by molar-refractivity contribution is 7.53. The number of hydrogen-bond acceptors (Lipinski definition) is 11. The van der Waals surface area contributed by atoms with Crippen molar-refractivity contribution in [3.63, 3.8) is 0 Å². The standard InChI is InChI=1S/C39H59N2O10P/c1-8-11-18-35(43)48-38(28(4)5)50-52(46,51-39(29(6)7)49-36(44)19-12-9-2)27-41-33(37(45)40-25-24-34(42)47-10-3)26-30-20-22-32(23-21-30)31-16-14-13-15-17-31/h13-17,20-23,28-29,33,38-39,41H,8-12,18-19,24-27H2,1-7H3,(H,40,45). The maximum atomic E-state index is 14.7. The molecule has 0 saturated heterocycles. The van der Waals surface area contributed by atoms with Crippen LogP contribution in [-0.4, -0.2) is 61.9 Å². The predicted molar refractivity (Wildman–Crippen MR) is 200 cm³/mol. The summed E-state index contributed by atoms with van der Waals surface area (Å²) in [4.78, 5) is 50.8. The molecule has 52 heavy (non-hydrogen) atoms. The van der Waals surface area contributed by atoms with Crippen LogP contribution in [0.3, 0.4) is 0 Å². The maximum Gasteiger partial charge on any atom is 0.350 e. The zero-order chi connectivity index (χ0) is 38.5. The van der Waals surface area contributed by atoms with Crippen LogP contribution < -0.4 is 10.6 Å². The second-order valence-corrected chi connectivity index (χ2v) is 15.2. The molecule has 0 saturated carbocycles. The summed E-state index contributed by atoms with van der Waals surface area (Å²) >= 11 is 0. The molecule has 2 aromatic rings. The third-order valence-corrected chi connectivity index (χ3v) is 9.49. The van der Waals surface area contributed by atoms with Gasteiger partial charge in [-0.1, -0.05) is 109 Å². The van der Waals surface area contributed by atoms with Crippen molar-refractivity contribution >= 4 is 31.4 Å². The molecule has 0 aliphatic heterocycles. The van der Waals surface area contributed by atoms with Crippen molar-refractivity contribution in [2.24, 2.45) is 11.8 Å². The van der Waals surface area contributed by atoms with Gasteiger partial charge in [0.2, 0.25) is 18.5 Å². The van der Waals surface area contributed by atoms with Gasteiger partial charge in [-0.05, 0) is 42.9 Å². The normalized spacial score (nSPS) is 14.2. The molecule has 1 amide bonds. The lowest BCUT2D eigenvalue weighted by atomic mass is 10.0. The molecule has 2 N–H and O–H groups in total. The molecule has 0 aromatic heterocycles. The molecular formula is C39H59N2O10P. The Kier molecular flexibility index (Phi) is 20.5. The quantitative estimate of drug-likeness (QED) is 0.0448. The molecule has 0 spiro atoms. The molecule has 0 fully saturated rings. The summed E-state index contributed by atoms with van der Waals surface area (Å²) in [6, 6.07) is 16.6. The van der Waals surface area contributed by atoms with Gasteiger partial charge in [-0.3, -0.25) is 38.1 Å². The molecule has 0 aliphatic carbocycles. The number of nitrogens with one attached hydrogen (secondary N) is 2. The van der Waals surface area contributed by atoms with Crippen LogP contribution in [0.1, 0.15) is 99.0 Å². The van der Waals surface area contributed by atoms with E-state index < -0.39 is 68.2 Å². The van der Waals surface area contributed by atoms with Crippen LogP contribution in [0.15, 0.2) is 54.6 Å². The van der Waals surface area contributed by atoms with Gasteiger partial charge in [-0.25, -0.2) is 0 Å². The van der Waals surface area contributed by atoms with Gasteiger partial charge < -0.3 is 19.5 Å². The van der Waals surface area contributed by atoms with Crippen molar-refractivity contribution in [1.29, 1.82) is 0 Å². The number of ether oxygens (including phenoxy) is 3. The van der Waals surface area contributed by atoms with Crippen molar-refractivity contribution in [2.75, 3.05) is 19.4 Å². The molecule has 290 valence electrons. The Hall–Kier alpha value is -3.57. The van der Waals surface area contributed by atoms with E-state index in [4.69, 9.17) is 23.3 Å². The Bertz CT molecular complexity index is 1380. The number of rotatable bonds is 25. The second-order valence-electron chi connectivity index (χ2n) is 13.3. The molecule has 2 rings (SSSR count). The van der Waals surface area contributed by atoms with E-state index in [9.17, 15) is 23.7 Å². The molecule has 2 aromatic carbocycles. The Morgan fingerprint density at radius 2 is 1.21 bits per heavy atom. The average molecular weight is 747 g/mol. The highest BCUT2D eigenvalue weighted by Gasteiger charge is 2.38. The lowest BCUT2D eigenvalue weighted by Crippen LogP contribution is -2.47. The first-order valence-corrected chi connectivity index (χ1v) is 20.2. The number of carbonyl (C=O) groups is 4. The number of amides is 1. The molecule has 12 nitrogen and oxygen atoms in total. The highest BCUT2D eigenvalue weighted by Crippen LogP contribution is 2.51. The third kappa shape index (κ3) is 16.8. The van der Waals surface area contributed by atoms with Crippen molar-refractivity contribution < 1.29 is 47.0 Å². The summed E-state index contributed by atoms with van der Waals surface area (Å²) in [6.07, 6.45) is 0.282. The van der Waals surface area contributed by atoms with Crippen molar-refractivity contribution in [3.8, 4) is 11.1 Å². The minimum Gasteiger partial charge on any atom is -0.466 e. The average Bonchev–Trinajstić information content (AvgIpc) is 3.11. The van der Waals surface area contributed by atoms with E-state index in [1.165, 1.54) is 0 Å². The van der Waals surface area contributed by atoms with Crippen LogP contribution in [0, 0.1) is 11.8 Å². The summed E-state index contributed by atoms with van der Waals surface area (Å²) in [5.41, 5.74) is 2.85. The lowest BCUT2D eigenvalue weighted by Gasteiger charge is -2.31. The smallest absolute Gasteiger partial charge is 0.350 e. The van der Waals surface area contributed by atoms with Gasteiger partial charge in [0.25, 0.3) is 0 Å². The first kappa shape index (κ1) is 44.6. The molecule has 0 bridgehead atoms. The summed E-state index contributed by atoms with van der Waals surface area (Å²) in [7, 11) is -4.32. The number of carbonyl (C=O) groups excluding carboxylic acids is 4. The lowest BCUT2D eigenvalue weighted by molar-refractivity contribution is -0.179. The number of hydrogen-bond donors (Lipinski definition) is 2. The first-order valence-electron chi connectivity index (χ1n) is 18.5. The molecular weight excluding hydrogens is 687 g/mol. The molecule has 0 heterocycles. The Morgan fingerprint density at radius 1 is 0.692 bits per heavy atom. The Labute approximate surface area is 309 Å². The maximum absolute atomic E-state index is 14.7. The van der Waals surface area contributed by atoms with Crippen molar-refractivity contribution in [1.82, 2.24) is 10.6 Å². The minimum absolute atomic E-state index is 0.0261. The van der Waals surface area contributed by atoms with E-state index >= 15 is 0 Å². The SMILES string of the molecule is CCCCC(=O)OC(OP(=O)(CNC(Cc1ccc(-c2ccccc2)cc1)C(=O)NCCC(=O)OCC)OC(OC(=O)CCCC)C(C)C)C(C)C. The molecule has 3 unspecified atom stereocenters. The van der Waals surface area contributed by atoms with Crippen LogP contribution in [0.4, 0.5) is 0 Å². The second kappa shape index (κ2) is 23.9. The van der Waals surface area contributed by atoms with E-state index in [1.807, 2.05) is 68.4 Å². The van der Waals surface area contributed by atoms with E-state index in [1.54, 1.807) is 34.6 Å². The van der Waals surface area contributed by atoms with Crippen LogP contribution in [-0.2, 0) is 53.4 Å². The van der Waals surface area contributed by atoms with Gasteiger partial charge in [0.05, 0.1) is 25.4 Å². The van der Waals surface area contributed by atoms with Crippen LogP contribution in [0.5, 0.6) is 0 Å². The largest absolute Gasteiger partial charge is 0.466 e. The van der Waals surface area contributed by atoms with Gasteiger partial charge in [-0.15, -0.1) is 0 Å². The summed E-state index contributed by atoms with van der Waals surface area (Å²) in [6.45, 7) is 12.9. The molecule has 0 aliphatic rings. The van der Waals surface area contributed by atoms with E-state index in [0.29, 0.717) is 12.8 Å². The van der Waals surface area contributed by atoms with Gasteiger partial charge in [-0.2, -0.15) is 0 Å².